The van der Waals surface area contributed by atoms with Crippen molar-refractivity contribution in [3.63, 3.8) is 0 Å². The van der Waals surface area contributed by atoms with Crippen LogP contribution in [0.1, 0.15) is 54.2 Å². The minimum Gasteiger partial charge on any atom is -0.368 e. The van der Waals surface area contributed by atoms with E-state index in [0.717, 1.165) is 16.7 Å². The van der Waals surface area contributed by atoms with Gasteiger partial charge >= 0.3 is 0 Å². The van der Waals surface area contributed by atoms with E-state index in [4.69, 9.17) is 10.3 Å². The molecule has 43 heavy (non-hydrogen) atoms. The summed E-state index contributed by atoms with van der Waals surface area (Å²) in [7, 11) is -2.95. The Bertz CT molecular complexity index is 1560. The monoisotopic (exact) mass is 608 g/mol. The van der Waals surface area contributed by atoms with Gasteiger partial charge in [0.1, 0.15) is 12.1 Å². The molecule has 11 heteroatoms. The molecular formula is C32H40N4O6S. The number of hydrogen-bond acceptors (Lipinski definition) is 7. The summed E-state index contributed by atoms with van der Waals surface area (Å²) in [6, 6.07) is 11.4. The smallest absolute Gasteiger partial charge is 0.259 e. The Balaban J connectivity index is 2.15. The third-order valence-corrected chi connectivity index (χ3v) is 9.18. The van der Waals surface area contributed by atoms with Gasteiger partial charge in [0, 0.05) is 30.7 Å². The number of sulfonamides is 1. The van der Waals surface area contributed by atoms with Crippen LogP contribution in [-0.2, 0) is 26.0 Å². The quantitative estimate of drug-likeness (QED) is 0.285. The Morgan fingerprint density at radius 2 is 1.65 bits per heavy atom. The molecule has 0 aliphatic rings. The lowest BCUT2D eigenvalue weighted by Crippen LogP contribution is -2.60. The van der Waals surface area contributed by atoms with Crippen molar-refractivity contribution >= 4 is 27.7 Å². The zero-order chi connectivity index (χ0) is 32.1. The van der Waals surface area contributed by atoms with Crippen molar-refractivity contribution in [3.8, 4) is 11.3 Å². The van der Waals surface area contributed by atoms with Crippen LogP contribution in [0.5, 0.6) is 0 Å². The van der Waals surface area contributed by atoms with E-state index in [1.165, 1.54) is 25.1 Å². The van der Waals surface area contributed by atoms with Crippen molar-refractivity contribution in [1.29, 1.82) is 0 Å². The van der Waals surface area contributed by atoms with Crippen molar-refractivity contribution in [2.75, 3.05) is 12.8 Å². The second-order valence-electron chi connectivity index (χ2n) is 11.2. The van der Waals surface area contributed by atoms with Crippen molar-refractivity contribution in [2.24, 2.45) is 11.7 Å². The van der Waals surface area contributed by atoms with E-state index in [-0.39, 0.29) is 12.0 Å². The molecule has 0 aliphatic carbocycles. The first kappa shape index (κ1) is 33.3. The predicted molar refractivity (Wildman–Crippen MR) is 165 cm³/mol. The Morgan fingerprint density at radius 1 is 1.05 bits per heavy atom. The fourth-order valence-corrected chi connectivity index (χ4v) is 6.87. The minimum atomic E-state index is -4.41. The fraction of sp³-hybridized carbons (Fsp3) is 0.375. The van der Waals surface area contributed by atoms with Gasteiger partial charge in [-0.25, -0.2) is 12.7 Å². The van der Waals surface area contributed by atoms with Crippen molar-refractivity contribution in [2.45, 2.75) is 59.5 Å². The van der Waals surface area contributed by atoms with Gasteiger partial charge in [-0.05, 0) is 44.4 Å². The van der Waals surface area contributed by atoms with Crippen LogP contribution in [0.15, 0.2) is 71.4 Å². The van der Waals surface area contributed by atoms with Crippen molar-refractivity contribution in [1.82, 2.24) is 14.4 Å². The third kappa shape index (κ3) is 7.98. The molecule has 1 aromatic heterocycles. The van der Waals surface area contributed by atoms with E-state index in [2.05, 4.69) is 11.7 Å². The number of benzene rings is 2. The highest BCUT2D eigenvalue weighted by Gasteiger charge is 2.44. The van der Waals surface area contributed by atoms with Gasteiger partial charge in [-0.3, -0.25) is 14.4 Å². The fourth-order valence-electron chi connectivity index (χ4n) is 5.05. The standard InChI is InChI=1S/C32H40N4O6S/c1-8-23(6)29(30(33)37)36(43(40,41)19-20(2)3)32(39)27(35(7)31(38)26-16-21(4)15-22(5)17-26)18-24-9-11-25(12-10-24)28-13-14-34-42-28/h9-17,23,27,29H,2,8,18-19H2,1,3-7H3,(H2,33,37)/t23-,27-,29-/m0/s1. The molecule has 0 saturated carbocycles. The minimum absolute atomic E-state index is 0.0341. The van der Waals surface area contributed by atoms with E-state index in [1.54, 1.807) is 56.3 Å². The number of carbonyl (C=O) groups is 3. The van der Waals surface area contributed by atoms with Gasteiger partial charge in [-0.1, -0.05) is 79.0 Å². The highest BCUT2D eigenvalue weighted by atomic mass is 32.2. The lowest BCUT2D eigenvalue weighted by Gasteiger charge is -2.37. The molecule has 0 aliphatic heterocycles. The van der Waals surface area contributed by atoms with Gasteiger partial charge in [-0.15, -0.1) is 0 Å². The summed E-state index contributed by atoms with van der Waals surface area (Å²) in [5.74, 6) is -2.94. The topological polar surface area (TPSA) is 144 Å². The number of primary amides is 1. The maximum atomic E-state index is 14.5. The van der Waals surface area contributed by atoms with Crippen LogP contribution in [-0.4, -0.2) is 65.4 Å². The Kier molecular flexibility index (Phi) is 10.7. The van der Waals surface area contributed by atoms with Crippen LogP contribution in [0.2, 0.25) is 0 Å². The second kappa shape index (κ2) is 13.8. The van der Waals surface area contributed by atoms with Gasteiger partial charge in [0.05, 0.1) is 11.9 Å². The number of aryl methyl sites for hydroxylation is 2. The summed E-state index contributed by atoms with van der Waals surface area (Å²) < 4.78 is 33.3. The number of nitrogens with two attached hydrogens (primary N) is 1. The van der Waals surface area contributed by atoms with Crippen LogP contribution < -0.4 is 5.73 Å². The second-order valence-corrected chi connectivity index (χ2v) is 13.0. The molecule has 0 bridgehead atoms. The average molecular weight is 609 g/mol. The normalized spacial score (nSPS) is 13.5. The van der Waals surface area contributed by atoms with Crippen LogP contribution in [0.3, 0.4) is 0 Å². The molecule has 0 unspecified atom stereocenters. The van der Waals surface area contributed by atoms with E-state index >= 15 is 0 Å². The van der Waals surface area contributed by atoms with Crippen LogP contribution in [0, 0.1) is 19.8 Å². The first-order valence-corrected chi connectivity index (χ1v) is 15.6. The number of aromatic nitrogens is 1. The lowest BCUT2D eigenvalue weighted by molar-refractivity contribution is -0.138. The van der Waals surface area contributed by atoms with Gasteiger partial charge < -0.3 is 15.2 Å². The molecule has 3 aromatic rings. The first-order chi connectivity index (χ1) is 20.2. The zero-order valence-corrected chi connectivity index (χ0v) is 26.3. The van der Waals surface area contributed by atoms with E-state index < -0.39 is 51.5 Å². The van der Waals surface area contributed by atoms with Gasteiger partial charge in [0.2, 0.25) is 15.9 Å². The molecule has 2 N–H and O–H groups in total. The summed E-state index contributed by atoms with van der Waals surface area (Å²) in [5, 5.41) is 3.72. The molecule has 0 saturated heterocycles. The highest BCUT2D eigenvalue weighted by Crippen LogP contribution is 2.26. The molecular weight excluding hydrogens is 568 g/mol. The lowest BCUT2D eigenvalue weighted by atomic mass is 9.96. The van der Waals surface area contributed by atoms with Crippen molar-refractivity contribution < 1.29 is 27.3 Å². The maximum absolute atomic E-state index is 14.5. The number of rotatable bonds is 13. The molecule has 3 amide bonds. The summed E-state index contributed by atoms with van der Waals surface area (Å²) >= 11 is 0. The maximum Gasteiger partial charge on any atom is 0.259 e. The molecule has 10 nitrogen and oxygen atoms in total. The molecule has 230 valence electrons. The average Bonchev–Trinajstić information content (AvgIpc) is 3.47. The number of hydrogen-bond donors (Lipinski definition) is 1. The SMILES string of the molecule is C=C(C)CS(=O)(=O)N(C(=O)[C@H](Cc1ccc(-c2ccno2)cc1)N(C)C(=O)c1cc(C)cc(C)c1)[C@H](C(N)=O)[C@@H](C)CC. The Morgan fingerprint density at radius 3 is 2.14 bits per heavy atom. The summed E-state index contributed by atoms with van der Waals surface area (Å²) in [5.41, 5.74) is 9.49. The zero-order valence-electron chi connectivity index (χ0n) is 25.5. The van der Waals surface area contributed by atoms with E-state index in [1.807, 2.05) is 19.9 Å². The number of likely N-dealkylation sites (N-methyl/N-ethyl adjacent to an activating group) is 1. The van der Waals surface area contributed by atoms with Gasteiger partial charge in [0.15, 0.2) is 5.76 Å². The molecule has 3 rings (SSSR count). The molecule has 0 spiro atoms. The van der Waals surface area contributed by atoms with Crippen LogP contribution in [0.25, 0.3) is 11.3 Å². The molecule has 3 atom stereocenters. The number of amides is 3. The summed E-state index contributed by atoms with van der Waals surface area (Å²) in [6.45, 7) is 12.4. The molecule has 0 fully saturated rings. The summed E-state index contributed by atoms with van der Waals surface area (Å²) in [6.07, 6.45) is 1.87. The number of nitrogens with zero attached hydrogens (tertiary/aromatic N) is 3. The highest BCUT2D eigenvalue weighted by molar-refractivity contribution is 7.89. The van der Waals surface area contributed by atoms with Gasteiger partial charge in [-0.2, -0.15) is 0 Å². The van der Waals surface area contributed by atoms with E-state index in [9.17, 15) is 22.8 Å². The van der Waals surface area contributed by atoms with Crippen LogP contribution >= 0.6 is 0 Å². The molecule has 1 heterocycles. The van der Waals surface area contributed by atoms with Crippen molar-refractivity contribution in [3.05, 3.63) is 89.1 Å². The third-order valence-electron chi connectivity index (χ3n) is 7.32. The van der Waals surface area contributed by atoms with E-state index in [0.29, 0.717) is 27.6 Å². The molecule has 2 aromatic carbocycles. The summed E-state index contributed by atoms with van der Waals surface area (Å²) in [4.78, 5) is 42.3. The predicted octanol–water partition coefficient (Wildman–Crippen LogP) is 4.28. The largest absolute Gasteiger partial charge is 0.368 e. The van der Waals surface area contributed by atoms with Gasteiger partial charge in [0.25, 0.3) is 11.8 Å². The van der Waals surface area contributed by atoms with Crippen LogP contribution in [0.4, 0.5) is 0 Å². The Labute approximate surface area is 253 Å². The molecule has 0 radical (unpaired) electrons. The first-order valence-electron chi connectivity index (χ1n) is 14.0. The Hall–Kier alpha value is -4.25. The number of carbonyl (C=O) groups excluding carboxylic acids is 3.